The van der Waals surface area contributed by atoms with Gasteiger partial charge in [-0.1, -0.05) is 24.0 Å². The van der Waals surface area contributed by atoms with E-state index in [1.807, 2.05) is 6.07 Å². The van der Waals surface area contributed by atoms with E-state index in [2.05, 4.69) is 4.98 Å². The van der Waals surface area contributed by atoms with Gasteiger partial charge in [-0.2, -0.15) is 5.26 Å². The molecule has 0 bridgehead atoms. The molecule has 2 aliphatic heterocycles. The predicted octanol–water partition coefficient (Wildman–Crippen LogP) is 2.39. The first-order valence-corrected chi connectivity index (χ1v) is 8.50. The van der Waals surface area contributed by atoms with Crippen LogP contribution in [0.4, 0.5) is 0 Å². The highest BCUT2D eigenvalue weighted by atomic mass is 32.2. The summed E-state index contributed by atoms with van der Waals surface area (Å²) in [5.74, 6) is -0.105. The number of hydrogen-bond donors (Lipinski definition) is 0. The summed E-state index contributed by atoms with van der Waals surface area (Å²) in [5, 5.41) is 10.9. The van der Waals surface area contributed by atoms with Crippen LogP contribution < -0.4 is 0 Å². The number of amides is 1. The number of rotatable bonds is 3. The van der Waals surface area contributed by atoms with Crippen LogP contribution in [0, 0.1) is 11.3 Å². The lowest BCUT2D eigenvalue weighted by Gasteiger charge is -2.18. The number of aromatic nitrogens is 1. The molecule has 3 rings (SSSR count). The molecule has 21 heavy (non-hydrogen) atoms. The molecule has 1 aromatic rings. The van der Waals surface area contributed by atoms with Crippen molar-refractivity contribution >= 4 is 51.6 Å². The number of hydrogen-bond acceptors (Lipinski definition) is 7. The zero-order valence-corrected chi connectivity index (χ0v) is 13.4. The summed E-state index contributed by atoms with van der Waals surface area (Å²) in [6.45, 7) is 1.27. The van der Waals surface area contributed by atoms with Crippen LogP contribution in [-0.4, -0.2) is 39.4 Å². The molecule has 2 fully saturated rings. The van der Waals surface area contributed by atoms with E-state index in [0.29, 0.717) is 26.5 Å². The average molecular weight is 337 g/mol. The molecule has 0 saturated carbocycles. The van der Waals surface area contributed by atoms with Gasteiger partial charge in [0.15, 0.2) is 5.01 Å². The van der Waals surface area contributed by atoms with Crippen LogP contribution in [0.2, 0.25) is 0 Å². The van der Waals surface area contributed by atoms with E-state index in [4.69, 9.17) is 22.2 Å². The van der Waals surface area contributed by atoms with Crippen molar-refractivity contribution in [1.82, 2.24) is 9.88 Å². The summed E-state index contributed by atoms with van der Waals surface area (Å²) in [7, 11) is 0. The fourth-order valence-electron chi connectivity index (χ4n) is 2.19. The van der Waals surface area contributed by atoms with Gasteiger partial charge in [-0.3, -0.25) is 9.69 Å². The summed E-state index contributed by atoms with van der Waals surface area (Å²) < 4.78 is 6.11. The van der Waals surface area contributed by atoms with Gasteiger partial charge in [0.1, 0.15) is 10.4 Å². The minimum Gasteiger partial charge on any atom is -0.376 e. The predicted molar refractivity (Wildman–Crippen MR) is 85.7 cm³/mol. The van der Waals surface area contributed by atoms with Gasteiger partial charge in [-0.15, -0.1) is 11.3 Å². The molecule has 1 amide bonds. The largest absolute Gasteiger partial charge is 0.376 e. The minimum atomic E-state index is -0.105. The Kier molecular flexibility index (Phi) is 4.35. The molecular formula is C13H11N3O2S3. The molecule has 1 aromatic heterocycles. The topological polar surface area (TPSA) is 66.2 Å². The highest BCUT2D eigenvalue weighted by Crippen LogP contribution is 2.33. The van der Waals surface area contributed by atoms with Crippen molar-refractivity contribution < 1.29 is 9.53 Å². The third kappa shape index (κ3) is 3.16. The highest BCUT2D eigenvalue weighted by molar-refractivity contribution is 8.26. The molecule has 8 heteroatoms. The van der Waals surface area contributed by atoms with Crippen LogP contribution in [0.15, 0.2) is 10.3 Å². The number of ether oxygens (including phenoxy) is 1. The lowest BCUT2D eigenvalue weighted by atomic mass is 10.2. The van der Waals surface area contributed by atoms with Gasteiger partial charge in [-0.05, 0) is 18.9 Å². The van der Waals surface area contributed by atoms with Crippen LogP contribution in [0.5, 0.6) is 0 Å². The Balaban J connectivity index is 1.74. The van der Waals surface area contributed by atoms with Crippen LogP contribution >= 0.6 is 35.3 Å². The maximum atomic E-state index is 12.4. The monoisotopic (exact) mass is 337 g/mol. The second-order valence-corrected chi connectivity index (χ2v) is 7.15. The molecule has 0 spiro atoms. The normalized spacial score (nSPS) is 24.0. The van der Waals surface area contributed by atoms with E-state index in [9.17, 15) is 4.79 Å². The van der Waals surface area contributed by atoms with Gasteiger partial charge in [0.25, 0.3) is 5.91 Å². The van der Waals surface area contributed by atoms with Crippen LogP contribution in [0.25, 0.3) is 6.08 Å². The molecule has 1 unspecified atom stereocenters. The van der Waals surface area contributed by atoms with E-state index >= 15 is 0 Å². The smallest absolute Gasteiger partial charge is 0.266 e. The Morgan fingerprint density at radius 1 is 1.67 bits per heavy atom. The number of carbonyl (C=O) groups is 1. The average Bonchev–Trinajstić information content (AvgIpc) is 3.18. The number of thiocarbonyl (C=S) groups is 1. The first-order valence-electron chi connectivity index (χ1n) is 6.40. The van der Waals surface area contributed by atoms with Gasteiger partial charge in [0.2, 0.25) is 0 Å². The summed E-state index contributed by atoms with van der Waals surface area (Å²) in [6, 6.07) is 1.98. The fourth-order valence-corrected chi connectivity index (χ4v) is 4.01. The molecule has 2 aliphatic rings. The molecule has 0 aliphatic carbocycles. The summed E-state index contributed by atoms with van der Waals surface area (Å²) in [4.78, 5) is 18.6. The van der Waals surface area contributed by atoms with Crippen LogP contribution in [0.3, 0.4) is 0 Å². The van der Waals surface area contributed by atoms with Crippen molar-refractivity contribution in [3.63, 3.8) is 0 Å². The first-order chi connectivity index (χ1) is 10.2. The minimum absolute atomic E-state index is 0.0799. The second-order valence-electron chi connectivity index (χ2n) is 4.62. The highest BCUT2D eigenvalue weighted by Gasteiger charge is 2.34. The Bertz CT molecular complexity index is 656. The molecule has 0 N–H and O–H groups in total. The van der Waals surface area contributed by atoms with Crippen molar-refractivity contribution in [2.24, 2.45) is 0 Å². The zero-order valence-electron chi connectivity index (χ0n) is 10.9. The SMILES string of the molecule is N#Cc1nc(/C=C2\SC(=S)N(CC3CCCO3)C2=O)cs1. The number of thiazole rings is 1. The zero-order chi connectivity index (χ0) is 14.8. The Morgan fingerprint density at radius 3 is 3.19 bits per heavy atom. The van der Waals surface area contributed by atoms with Crippen molar-refractivity contribution in [3.05, 3.63) is 21.0 Å². The van der Waals surface area contributed by atoms with Crippen LogP contribution in [-0.2, 0) is 9.53 Å². The number of carbonyl (C=O) groups excluding carboxylic acids is 1. The molecule has 1 atom stereocenters. The van der Waals surface area contributed by atoms with E-state index in [0.717, 1.165) is 19.4 Å². The van der Waals surface area contributed by atoms with Gasteiger partial charge in [0, 0.05) is 12.0 Å². The number of thioether (sulfide) groups is 1. The lowest BCUT2D eigenvalue weighted by Crippen LogP contribution is -2.35. The Labute approximate surface area is 135 Å². The van der Waals surface area contributed by atoms with E-state index in [-0.39, 0.29) is 12.0 Å². The maximum Gasteiger partial charge on any atom is 0.266 e. The van der Waals surface area contributed by atoms with Crippen molar-refractivity contribution in [2.45, 2.75) is 18.9 Å². The van der Waals surface area contributed by atoms with Crippen LogP contribution in [0.1, 0.15) is 23.5 Å². The van der Waals surface area contributed by atoms with Crippen molar-refractivity contribution in [3.8, 4) is 6.07 Å². The molecular weight excluding hydrogens is 326 g/mol. The standard InChI is InChI=1S/C13H11N3O2S3/c14-5-11-15-8(7-20-11)4-10-12(17)16(13(19)21-10)6-9-2-1-3-18-9/h4,7,9H,1-3,6H2/b10-4-. The third-order valence-corrected chi connectivity index (χ3v) is 5.32. The maximum absolute atomic E-state index is 12.4. The number of nitrogens with zero attached hydrogens (tertiary/aromatic N) is 3. The summed E-state index contributed by atoms with van der Waals surface area (Å²) >= 11 is 7.81. The summed E-state index contributed by atoms with van der Waals surface area (Å²) in [6.07, 6.45) is 3.77. The molecule has 108 valence electrons. The van der Waals surface area contributed by atoms with Gasteiger partial charge in [0.05, 0.1) is 23.2 Å². The van der Waals surface area contributed by atoms with E-state index in [1.54, 1.807) is 16.4 Å². The molecule has 2 saturated heterocycles. The Morgan fingerprint density at radius 2 is 2.52 bits per heavy atom. The molecule has 0 aromatic carbocycles. The van der Waals surface area contributed by atoms with Gasteiger partial charge in [-0.25, -0.2) is 4.98 Å². The van der Waals surface area contributed by atoms with Crippen molar-refractivity contribution in [2.75, 3.05) is 13.2 Å². The quantitative estimate of drug-likeness (QED) is 0.623. The Hall–Kier alpha value is -1.27. The summed E-state index contributed by atoms with van der Waals surface area (Å²) in [5.41, 5.74) is 0.620. The molecule has 5 nitrogen and oxygen atoms in total. The lowest BCUT2D eigenvalue weighted by molar-refractivity contribution is -0.123. The van der Waals surface area contributed by atoms with E-state index < -0.39 is 0 Å². The number of nitriles is 1. The third-order valence-electron chi connectivity index (χ3n) is 3.18. The van der Waals surface area contributed by atoms with Gasteiger partial charge >= 0.3 is 0 Å². The first kappa shape index (κ1) is 14.7. The van der Waals surface area contributed by atoms with Gasteiger partial charge < -0.3 is 4.74 Å². The molecule has 0 radical (unpaired) electrons. The van der Waals surface area contributed by atoms with E-state index in [1.165, 1.54) is 23.1 Å². The molecule has 3 heterocycles. The fraction of sp³-hybridized carbons (Fsp3) is 0.385. The second kappa shape index (κ2) is 6.23. The van der Waals surface area contributed by atoms with Crippen molar-refractivity contribution in [1.29, 1.82) is 5.26 Å².